The first-order valence-electron chi connectivity index (χ1n) is 11.6. The summed E-state index contributed by atoms with van der Waals surface area (Å²) in [6.07, 6.45) is 0.999. The normalized spacial score (nSPS) is 18.6. The highest BCUT2D eigenvalue weighted by Gasteiger charge is 2.32. The summed E-state index contributed by atoms with van der Waals surface area (Å²) in [5.41, 5.74) is 1.77. The largest absolute Gasteiger partial charge is 0.322 e. The van der Waals surface area contributed by atoms with Gasteiger partial charge in [-0.3, -0.25) is 9.59 Å². The maximum Gasteiger partial charge on any atom is 0.255 e. The van der Waals surface area contributed by atoms with Crippen molar-refractivity contribution in [3.63, 3.8) is 0 Å². The van der Waals surface area contributed by atoms with Gasteiger partial charge in [-0.1, -0.05) is 44.2 Å². The minimum Gasteiger partial charge on any atom is -0.322 e. The van der Waals surface area contributed by atoms with Crippen LogP contribution in [0.1, 0.15) is 41.0 Å². The van der Waals surface area contributed by atoms with Crippen LogP contribution in [0.25, 0.3) is 0 Å². The van der Waals surface area contributed by atoms with E-state index in [1.807, 2.05) is 6.07 Å². The van der Waals surface area contributed by atoms with E-state index in [0.717, 1.165) is 6.42 Å². The summed E-state index contributed by atoms with van der Waals surface area (Å²) in [5, 5.41) is 5.59. The average Bonchev–Trinajstić information content (AvgIpc) is 2.84. The molecule has 8 heteroatoms. The quantitative estimate of drug-likeness (QED) is 0.515. The smallest absolute Gasteiger partial charge is 0.255 e. The molecule has 3 aromatic rings. The van der Waals surface area contributed by atoms with Crippen LogP contribution in [0.5, 0.6) is 0 Å². The molecule has 1 fully saturated rings. The minimum atomic E-state index is -3.70. The minimum absolute atomic E-state index is 0.107. The Hall–Kier alpha value is -3.49. The third-order valence-electron chi connectivity index (χ3n) is 5.98. The highest BCUT2D eigenvalue weighted by molar-refractivity contribution is 7.89. The predicted octanol–water partition coefficient (Wildman–Crippen LogP) is 4.86. The van der Waals surface area contributed by atoms with Crippen LogP contribution < -0.4 is 10.6 Å². The van der Waals surface area contributed by atoms with Gasteiger partial charge in [0.1, 0.15) is 0 Å². The highest BCUT2D eigenvalue weighted by Crippen LogP contribution is 2.27. The molecule has 2 amide bonds. The molecule has 2 unspecified atom stereocenters. The lowest BCUT2D eigenvalue weighted by Crippen LogP contribution is -2.42. The van der Waals surface area contributed by atoms with Gasteiger partial charge in [0.25, 0.3) is 11.8 Å². The summed E-state index contributed by atoms with van der Waals surface area (Å²) in [5.74, 6) is -0.119. The zero-order valence-electron chi connectivity index (χ0n) is 19.8. The molecule has 1 aliphatic rings. The molecule has 4 rings (SSSR count). The highest BCUT2D eigenvalue weighted by atomic mass is 32.2. The Balaban J connectivity index is 1.48. The maximum absolute atomic E-state index is 13.2. The van der Waals surface area contributed by atoms with E-state index in [9.17, 15) is 18.0 Å². The number of hydrogen-bond donors (Lipinski definition) is 2. The number of sulfonamides is 1. The monoisotopic (exact) mass is 491 g/mol. The summed E-state index contributed by atoms with van der Waals surface area (Å²) in [6, 6.07) is 21.7. The Kier molecular flexibility index (Phi) is 7.33. The first-order chi connectivity index (χ1) is 16.7. The Bertz CT molecular complexity index is 1320. The first-order valence-corrected chi connectivity index (χ1v) is 13.0. The van der Waals surface area contributed by atoms with Gasteiger partial charge >= 0.3 is 0 Å². The molecule has 1 aliphatic heterocycles. The van der Waals surface area contributed by atoms with Crippen LogP contribution in [0.2, 0.25) is 0 Å². The zero-order valence-corrected chi connectivity index (χ0v) is 20.6. The molecule has 1 saturated heterocycles. The number of nitrogens with one attached hydrogen (secondary N) is 2. The third-order valence-corrected chi connectivity index (χ3v) is 7.81. The number of amides is 2. The van der Waals surface area contributed by atoms with E-state index in [2.05, 4.69) is 24.5 Å². The first kappa shape index (κ1) is 24.6. The lowest BCUT2D eigenvalue weighted by Gasteiger charge is -2.34. The molecular formula is C27H29N3O4S. The van der Waals surface area contributed by atoms with E-state index in [1.165, 1.54) is 16.4 Å². The molecule has 0 aliphatic carbocycles. The lowest BCUT2D eigenvalue weighted by molar-refractivity contribution is 0.101. The molecule has 3 aromatic carbocycles. The number of hydrogen-bond acceptors (Lipinski definition) is 4. The van der Waals surface area contributed by atoms with E-state index in [0.29, 0.717) is 30.0 Å². The van der Waals surface area contributed by atoms with Gasteiger partial charge in [-0.25, -0.2) is 8.42 Å². The van der Waals surface area contributed by atoms with Crippen molar-refractivity contribution in [2.45, 2.75) is 25.2 Å². The molecule has 1 heterocycles. The summed E-state index contributed by atoms with van der Waals surface area (Å²) in [4.78, 5) is 25.4. The van der Waals surface area contributed by atoms with Crippen LogP contribution in [0.4, 0.5) is 11.4 Å². The number of anilines is 2. The van der Waals surface area contributed by atoms with Gasteiger partial charge in [-0.2, -0.15) is 4.31 Å². The van der Waals surface area contributed by atoms with Crippen molar-refractivity contribution in [2.24, 2.45) is 11.8 Å². The fourth-order valence-electron chi connectivity index (χ4n) is 4.42. The van der Waals surface area contributed by atoms with E-state index < -0.39 is 15.9 Å². The van der Waals surface area contributed by atoms with Gasteiger partial charge in [-0.05, 0) is 66.8 Å². The Morgan fingerprint density at radius 2 is 1.29 bits per heavy atom. The van der Waals surface area contributed by atoms with Gasteiger partial charge < -0.3 is 10.6 Å². The average molecular weight is 492 g/mol. The van der Waals surface area contributed by atoms with Crippen molar-refractivity contribution in [3.05, 3.63) is 90.0 Å². The van der Waals surface area contributed by atoms with Crippen LogP contribution in [-0.2, 0) is 10.0 Å². The molecule has 182 valence electrons. The molecule has 0 saturated carbocycles. The molecule has 0 radical (unpaired) electrons. The van der Waals surface area contributed by atoms with E-state index in [1.54, 1.807) is 60.7 Å². The second-order valence-corrected chi connectivity index (χ2v) is 11.1. The second kappa shape index (κ2) is 10.4. The van der Waals surface area contributed by atoms with E-state index in [4.69, 9.17) is 0 Å². The van der Waals surface area contributed by atoms with Crippen molar-refractivity contribution in [1.82, 2.24) is 4.31 Å². The van der Waals surface area contributed by atoms with Crippen molar-refractivity contribution in [2.75, 3.05) is 23.7 Å². The van der Waals surface area contributed by atoms with Crippen LogP contribution >= 0.6 is 0 Å². The summed E-state index contributed by atoms with van der Waals surface area (Å²) < 4.78 is 28.0. The number of nitrogens with zero attached hydrogens (tertiary/aromatic N) is 1. The number of benzene rings is 3. The van der Waals surface area contributed by atoms with Crippen molar-refractivity contribution in [3.8, 4) is 0 Å². The van der Waals surface area contributed by atoms with E-state index in [-0.39, 0.29) is 28.2 Å². The second-order valence-electron chi connectivity index (χ2n) is 9.15. The summed E-state index contributed by atoms with van der Waals surface area (Å²) in [6.45, 7) is 5.06. The standard InChI is InChI=1S/C27H29N3O4S/c1-19-14-20(2)18-30(17-19)35(33,34)25-13-6-10-22(15-25)27(32)29-24-12-7-11-23(16-24)28-26(31)21-8-4-3-5-9-21/h3-13,15-16,19-20H,14,17-18H2,1-2H3,(H,28,31)(H,29,32). The number of carbonyl (C=O) groups is 2. The van der Waals surface area contributed by atoms with Gasteiger partial charge in [0.2, 0.25) is 10.0 Å². The predicted molar refractivity (Wildman–Crippen MR) is 137 cm³/mol. The molecule has 7 nitrogen and oxygen atoms in total. The number of piperidine rings is 1. The number of rotatable bonds is 6. The van der Waals surface area contributed by atoms with E-state index >= 15 is 0 Å². The molecule has 0 aromatic heterocycles. The van der Waals surface area contributed by atoms with Gasteiger partial charge in [-0.15, -0.1) is 0 Å². The Morgan fingerprint density at radius 3 is 1.91 bits per heavy atom. The maximum atomic E-state index is 13.2. The van der Waals surface area contributed by atoms with Crippen LogP contribution in [0.15, 0.2) is 83.8 Å². The molecular weight excluding hydrogens is 462 g/mol. The van der Waals surface area contributed by atoms with Crippen molar-refractivity contribution < 1.29 is 18.0 Å². The fourth-order valence-corrected chi connectivity index (χ4v) is 6.15. The Labute approximate surface area is 206 Å². The van der Waals surface area contributed by atoms with Gasteiger partial charge in [0.15, 0.2) is 0 Å². The molecule has 0 bridgehead atoms. The topological polar surface area (TPSA) is 95.6 Å². The molecule has 35 heavy (non-hydrogen) atoms. The fraction of sp³-hybridized carbons (Fsp3) is 0.259. The van der Waals surface area contributed by atoms with Crippen LogP contribution in [-0.4, -0.2) is 37.6 Å². The third kappa shape index (κ3) is 5.96. The summed E-state index contributed by atoms with van der Waals surface area (Å²) >= 11 is 0. The lowest BCUT2D eigenvalue weighted by atomic mass is 9.94. The SMILES string of the molecule is CC1CC(C)CN(S(=O)(=O)c2cccc(C(=O)Nc3cccc(NC(=O)c4ccccc4)c3)c2)C1. The van der Waals surface area contributed by atoms with Crippen molar-refractivity contribution in [1.29, 1.82) is 0 Å². The van der Waals surface area contributed by atoms with Crippen LogP contribution in [0, 0.1) is 11.8 Å². The molecule has 2 atom stereocenters. The van der Waals surface area contributed by atoms with Crippen molar-refractivity contribution >= 4 is 33.2 Å². The van der Waals surface area contributed by atoms with Gasteiger partial charge in [0.05, 0.1) is 4.90 Å². The molecule has 2 N–H and O–H groups in total. The Morgan fingerprint density at radius 1 is 0.743 bits per heavy atom. The number of carbonyl (C=O) groups excluding carboxylic acids is 2. The van der Waals surface area contributed by atoms with Crippen LogP contribution in [0.3, 0.4) is 0 Å². The zero-order chi connectivity index (χ0) is 25.0. The molecule has 0 spiro atoms. The summed E-state index contributed by atoms with van der Waals surface area (Å²) in [7, 11) is -3.70. The van der Waals surface area contributed by atoms with Gasteiger partial charge in [0, 0.05) is 35.6 Å².